The molecule has 0 spiro atoms. The van der Waals surface area contributed by atoms with E-state index in [0.29, 0.717) is 17.6 Å². The highest BCUT2D eigenvalue weighted by Crippen LogP contribution is 2.27. The number of hydrogen-bond donors (Lipinski definition) is 1. The molecule has 6 heteroatoms. The molecule has 0 saturated carbocycles. The normalized spacial score (nSPS) is 23.3. The molecular weight excluding hydrogens is 340 g/mol. The molecule has 3 heterocycles. The summed E-state index contributed by atoms with van der Waals surface area (Å²) in [4.78, 5) is 17.8. The van der Waals surface area contributed by atoms with Crippen molar-refractivity contribution in [2.24, 2.45) is 0 Å². The summed E-state index contributed by atoms with van der Waals surface area (Å²) in [6.07, 6.45) is 3.58. The average molecular weight is 368 g/mol. The van der Waals surface area contributed by atoms with Crippen LogP contribution in [0.3, 0.4) is 0 Å². The van der Waals surface area contributed by atoms with E-state index in [2.05, 4.69) is 16.9 Å². The number of amides is 1. The van der Waals surface area contributed by atoms with Crippen molar-refractivity contribution < 1.29 is 9.90 Å². The molecule has 1 aromatic carbocycles. The van der Waals surface area contributed by atoms with Crippen LogP contribution in [0, 0.1) is 13.8 Å². The Kier molecular flexibility index (Phi) is 4.68. The second-order valence-electron chi connectivity index (χ2n) is 7.90. The van der Waals surface area contributed by atoms with Gasteiger partial charge in [-0.25, -0.2) is 4.68 Å². The van der Waals surface area contributed by atoms with Crippen molar-refractivity contribution in [3.63, 3.8) is 0 Å². The number of hydrogen-bond acceptors (Lipinski definition) is 4. The van der Waals surface area contributed by atoms with E-state index in [9.17, 15) is 9.90 Å². The summed E-state index contributed by atoms with van der Waals surface area (Å²) < 4.78 is 1.75. The van der Waals surface area contributed by atoms with Crippen LogP contribution in [-0.4, -0.2) is 62.3 Å². The van der Waals surface area contributed by atoms with E-state index in [4.69, 9.17) is 0 Å². The van der Waals surface area contributed by atoms with Gasteiger partial charge in [-0.3, -0.25) is 9.69 Å². The molecule has 0 radical (unpaired) electrons. The van der Waals surface area contributed by atoms with E-state index in [1.807, 2.05) is 24.8 Å². The summed E-state index contributed by atoms with van der Waals surface area (Å²) in [6, 6.07) is 8.06. The lowest BCUT2D eigenvalue weighted by molar-refractivity contribution is 0.0773. The maximum atomic E-state index is 13.2. The molecule has 2 atom stereocenters. The monoisotopic (exact) mass is 368 g/mol. The quantitative estimate of drug-likeness (QED) is 0.905. The number of benzene rings is 1. The zero-order chi connectivity index (χ0) is 19.1. The smallest absolute Gasteiger partial charge is 0.257 e. The van der Waals surface area contributed by atoms with Crippen molar-refractivity contribution in [2.45, 2.75) is 52.1 Å². The van der Waals surface area contributed by atoms with E-state index in [1.165, 1.54) is 12.8 Å². The fraction of sp³-hybridized carbons (Fsp3) is 0.524. The zero-order valence-corrected chi connectivity index (χ0v) is 16.4. The minimum Gasteiger partial charge on any atom is -0.508 e. The first-order chi connectivity index (χ1) is 13.0. The van der Waals surface area contributed by atoms with Crippen molar-refractivity contribution in [2.75, 3.05) is 19.6 Å². The number of likely N-dealkylation sites (tertiary alicyclic amines) is 2. The van der Waals surface area contributed by atoms with Crippen LogP contribution in [0.1, 0.15) is 47.9 Å². The number of phenolic OH excluding ortho intramolecular Hbond substituents is 1. The number of aryl methyl sites for hydroxylation is 1. The number of carbonyl (C=O) groups is 1. The van der Waals surface area contributed by atoms with Crippen molar-refractivity contribution in [1.29, 1.82) is 0 Å². The van der Waals surface area contributed by atoms with Crippen LogP contribution in [0.15, 0.2) is 24.3 Å². The third kappa shape index (κ3) is 3.23. The minimum absolute atomic E-state index is 0.0748. The SMILES string of the molecule is Cc1nn(-c2cccc(O)c2)c(C)c1C(=O)N1CCC(N2CCCC2C)C1. The Labute approximate surface area is 160 Å². The summed E-state index contributed by atoms with van der Waals surface area (Å²) in [5.41, 5.74) is 3.01. The molecule has 2 saturated heterocycles. The average Bonchev–Trinajstić information content (AvgIpc) is 3.33. The first-order valence-corrected chi connectivity index (χ1v) is 9.86. The summed E-state index contributed by atoms with van der Waals surface area (Å²) in [5, 5.41) is 14.3. The van der Waals surface area contributed by atoms with E-state index in [1.54, 1.807) is 22.9 Å². The van der Waals surface area contributed by atoms with Gasteiger partial charge in [-0.1, -0.05) is 6.07 Å². The highest BCUT2D eigenvalue weighted by atomic mass is 16.3. The number of aromatic nitrogens is 2. The number of rotatable bonds is 3. The van der Waals surface area contributed by atoms with E-state index in [-0.39, 0.29) is 11.7 Å². The molecule has 2 aromatic rings. The number of phenols is 1. The molecule has 2 fully saturated rings. The van der Waals surface area contributed by atoms with Gasteiger partial charge in [0.05, 0.1) is 22.6 Å². The first-order valence-electron chi connectivity index (χ1n) is 9.86. The number of nitrogens with zero attached hydrogens (tertiary/aromatic N) is 4. The van der Waals surface area contributed by atoms with E-state index >= 15 is 0 Å². The summed E-state index contributed by atoms with van der Waals surface area (Å²) in [6.45, 7) is 8.87. The van der Waals surface area contributed by atoms with Crippen LogP contribution in [0.4, 0.5) is 0 Å². The molecule has 6 nitrogen and oxygen atoms in total. The van der Waals surface area contributed by atoms with Crippen molar-refractivity contribution in [1.82, 2.24) is 19.6 Å². The molecule has 144 valence electrons. The maximum Gasteiger partial charge on any atom is 0.257 e. The van der Waals surface area contributed by atoms with Gasteiger partial charge in [-0.2, -0.15) is 5.10 Å². The molecule has 4 rings (SSSR count). The topological polar surface area (TPSA) is 61.6 Å². The van der Waals surface area contributed by atoms with E-state index < -0.39 is 0 Å². The van der Waals surface area contributed by atoms with Gasteiger partial charge >= 0.3 is 0 Å². The molecule has 0 aliphatic carbocycles. The Morgan fingerprint density at radius 2 is 2.04 bits per heavy atom. The third-order valence-electron chi connectivity index (χ3n) is 6.10. The fourth-order valence-electron chi connectivity index (χ4n) is 4.68. The van der Waals surface area contributed by atoms with Gasteiger partial charge in [-0.05, 0) is 58.7 Å². The molecule has 1 N–H and O–H groups in total. The van der Waals surface area contributed by atoms with Gasteiger partial charge < -0.3 is 10.0 Å². The zero-order valence-electron chi connectivity index (χ0n) is 16.4. The van der Waals surface area contributed by atoms with Crippen LogP contribution in [0.5, 0.6) is 5.75 Å². The molecule has 1 amide bonds. The number of carbonyl (C=O) groups excluding carboxylic acids is 1. The summed E-state index contributed by atoms with van der Waals surface area (Å²) >= 11 is 0. The highest BCUT2D eigenvalue weighted by molar-refractivity contribution is 5.96. The van der Waals surface area contributed by atoms with Crippen LogP contribution < -0.4 is 0 Å². The van der Waals surface area contributed by atoms with Crippen LogP contribution in [0.25, 0.3) is 5.69 Å². The predicted octanol–water partition coefficient (Wildman–Crippen LogP) is 2.89. The Hall–Kier alpha value is -2.34. The van der Waals surface area contributed by atoms with Crippen molar-refractivity contribution in [3.8, 4) is 11.4 Å². The Balaban J connectivity index is 1.56. The Morgan fingerprint density at radius 1 is 1.22 bits per heavy atom. The highest BCUT2D eigenvalue weighted by Gasteiger charge is 2.36. The van der Waals surface area contributed by atoms with Crippen LogP contribution in [0.2, 0.25) is 0 Å². The van der Waals surface area contributed by atoms with Crippen LogP contribution >= 0.6 is 0 Å². The molecule has 0 bridgehead atoms. The lowest BCUT2D eigenvalue weighted by Crippen LogP contribution is -2.40. The summed E-state index contributed by atoms with van der Waals surface area (Å²) in [7, 11) is 0. The Morgan fingerprint density at radius 3 is 2.74 bits per heavy atom. The second kappa shape index (κ2) is 7.00. The van der Waals surface area contributed by atoms with Crippen molar-refractivity contribution >= 4 is 5.91 Å². The van der Waals surface area contributed by atoms with Gasteiger partial charge in [0.25, 0.3) is 5.91 Å². The lowest BCUT2D eigenvalue weighted by atomic mass is 10.1. The Bertz CT molecular complexity index is 860. The number of aromatic hydroxyl groups is 1. The molecule has 2 aliphatic rings. The second-order valence-corrected chi connectivity index (χ2v) is 7.90. The van der Waals surface area contributed by atoms with Gasteiger partial charge in [0.1, 0.15) is 5.75 Å². The van der Waals surface area contributed by atoms with Gasteiger partial charge in [0.15, 0.2) is 0 Å². The largest absolute Gasteiger partial charge is 0.508 e. The standard InChI is InChI=1S/C21H28N4O2/c1-14-6-5-10-24(14)18-9-11-23(13-18)21(27)20-15(2)22-25(16(20)3)17-7-4-8-19(26)12-17/h4,7-8,12,14,18,26H,5-6,9-11,13H2,1-3H3. The van der Waals surface area contributed by atoms with Gasteiger partial charge in [-0.15, -0.1) is 0 Å². The maximum absolute atomic E-state index is 13.2. The molecule has 2 unspecified atom stereocenters. The van der Waals surface area contributed by atoms with Gasteiger partial charge in [0, 0.05) is 31.2 Å². The van der Waals surface area contributed by atoms with Crippen molar-refractivity contribution in [3.05, 3.63) is 41.2 Å². The molecule has 27 heavy (non-hydrogen) atoms. The van der Waals surface area contributed by atoms with E-state index in [0.717, 1.165) is 43.1 Å². The minimum atomic E-state index is 0.0748. The summed E-state index contributed by atoms with van der Waals surface area (Å²) in [5.74, 6) is 0.265. The predicted molar refractivity (Wildman–Crippen MR) is 104 cm³/mol. The lowest BCUT2D eigenvalue weighted by Gasteiger charge is -2.28. The first kappa shape index (κ1) is 18.0. The third-order valence-corrected chi connectivity index (χ3v) is 6.10. The van der Waals surface area contributed by atoms with Crippen LogP contribution in [-0.2, 0) is 0 Å². The molecule has 2 aliphatic heterocycles. The molecular formula is C21H28N4O2. The van der Waals surface area contributed by atoms with Gasteiger partial charge in [0.2, 0.25) is 0 Å². The molecule has 1 aromatic heterocycles. The fourth-order valence-corrected chi connectivity index (χ4v) is 4.68.